The summed E-state index contributed by atoms with van der Waals surface area (Å²) in [5.41, 5.74) is 3.55. The molecule has 2 aromatic heterocycles. The molecular weight excluding hydrogens is 242 g/mol. The van der Waals surface area contributed by atoms with Crippen molar-refractivity contribution in [1.29, 1.82) is 0 Å². The van der Waals surface area contributed by atoms with E-state index in [1.807, 2.05) is 32.9 Å². The minimum atomic E-state index is 0.0273. The number of hydrazine groups is 1. The van der Waals surface area contributed by atoms with Gasteiger partial charge in [0.1, 0.15) is 29.5 Å². The molecule has 2 aromatic rings. The van der Waals surface area contributed by atoms with Crippen LogP contribution >= 0.6 is 0 Å². The Morgan fingerprint density at radius 3 is 2.63 bits per heavy atom. The van der Waals surface area contributed by atoms with Crippen LogP contribution in [0.4, 0.5) is 11.6 Å². The minimum Gasteiger partial charge on any atom is -0.464 e. The summed E-state index contributed by atoms with van der Waals surface area (Å²) in [5, 5.41) is 3.33. The number of nitrogens with zero attached hydrogens (tertiary/aromatic N) is 2. The summed E-state index contributed by atoms with van der Waals surface area (Å²) in [4.78, 5) is 8.37. The molecule has 0 aliphatic carbocycles. The fourth-order valence-electron chi connectivity index (χ4n) is 1.96. The molecular formula is C13H19N5O. The Hall–Kier alpha value is -2.08. The van der Waals surface area contributed by atoms with Gasteiger partial charge in [0.05, 0.1) is 6.04 Å². The standard InChI is InChI=1S/C13H19N5O/c1-4-10-12(15-7-16-13(10)18-14)17-9(3)11-6-5-8(2)19-11/h5-7,9H,4,14H2,1-3H3,(H2,15,16,17,18). The lowest BCUT2D eigenvalue weighted by molar-refractivity contribution is 0.466. The molecule has 0 bridgehead atoms. The molecule has 0 aliphatic rings. The van der Waals surface area contributed by atoms with Crippen LogP contribution in [0.3, 0.4) is 0 Å². The third-order valence-electron chi connectivity index (χ3n) is 2.98. The SMILES string of the molecule is CCc1c(NN)ncnc1NC(C)c1ccc(C)o1. The Bertz CT molecular complexity index is 552. The number of nitrogen functional groups attached to an aromatic ring is 1. The van der Waals surface area contributed by atoms with E-state index in [1.54, 1.807) is 0 Å². The quantitative estimate of drug-likeness (QED) is 0.565. The smallest absolute Gasteiger partial charge is 0.148 e. The predicted molar refractivity (Wildman–Crippen MR) is 74.7 cm³/mol. The molecule has 6 nitrogen and oxygen atoms in total. The van der Waals surface area contributed by atoms with Crippen molar-refractivity contribution in [2.24, 2.45) is 5.84 Å². The molecule has 0 amide bonds. The Kier molecular flexibility index (Phi) is 4.01. The number of aromatic nitrogens is 2. The van der Waals surface area contributed by atoms with Gasteiger partial charge in [0.2, 0.25) is 0 Å². The molecule has 4 N–H and O–H groups in total. The molecule has 1 atom stereocenters. The van der Waals surface area contributed by atoms with Gasteiger partial charge in [0.25, 0.3) is 0 Å². The largest absolute Gasteiger partial charge is 0.464 e. The van der Waals surface area contributed by atoms with Crippen LogP contribution in [0.15, 0.2) is 22.9 Å². The average molecular weight is 261 g/mol. The molecule has 2 heterocycles. The van der Waals surface area contributed by atoms with Crippen molar-refractivity contribution in [2.45, 2.75) is 33.2 Å². The second-order valence-electron chi connectivity index (χ2n) is 4.36. The normalized spacial score (nSPS) is 12.2. The zero-order valence-corrected chi connectivity index (χ0v) is 11.4. The zero-order valence-electron chi connectivity index (χ0n) is 11.4. The highest BCUT2D eigenvalue weighted by Crippen LogP contribution is 2.25. The second kappa shape index (κ2) is 5.71. The van der Waals surface area contributed by atoms with Crippen molar-refractivity contribution < 1.29 is 4.42 Å². The summed E-state index contributed by atoms with van der Waals surface area (Å²) in [6.45, 7) is 5.98. The lowest BCUT2D eigenvalue weighted by atomic mass is 10.2. The number of hydrogen-bond donors (Lipinski definition) is 3. The van der Waals surface area contributed by atoms with Crippen LogP contribution in [0.1, 0.15) is 37.0 Å². The van der Waals surface area contributed by atoms with E-state index >= 15 is 0 Å². The molecule has 19 heavy (non-hydrogen) atoms. The zero-order chi connectivity index (χ0) is 13.8. The third kappa shape index (κ3) is 2.85. The Morgan fingerprint density at radius 1 is 1.32 bits per heavy atom. The molecule has 0 fully saturated rings. The number of aryl methyl sites for hydroxylation is 1. The first kappa shape index (κ1) is 13.4. The van der Waals surface area contributed by atoms with E-state index in [9.17, 15) is 0 Å². The molecule has 0 saturated carbocycles. The van der Waals surface area contributed by atoms with Crippen LogP contribution < -0.4 is 16.6 Å². The van der Waals surface area contributed by atoms with Gasteiger partial charge in [-0.1, -0.05) is 6.92 Å². The molecule has 102 valence electrons. The van der Waals surface area contributed by atoms with Crippen LogP contribution in [0, 0.1) is 6.92 Å². The Morgan fingerprint density at radius 2 is 2.05 bits per heavy atom. The van der Waals surface area contributed by atoms with Crippen LogP contribution in [0.25, 0.3) is 0 Å². The summed E-state index contributed by atoms with van der Waals surface area (Å²) >= 11 is 0. The highest BCUT2D eigenvalue weighted by molar-refractivity contribution is 5.57. The maximum Gasteiger partial charge on any atom is 0.148 e. The average Bonchev–Trinajstić information content (AvgIpc) is 2.85. The monoisotopic (exact) mass is 261 g/mol. The number of hydrogen-bond acceptors (Lipinski definition) is 6. The van der Waals surface area contributed by atoms with E-state index in [4.69, 9.17) is 10.3 Å². The molecule has 2 rings (SSSR count). The Balaban J connectivity index is 2.23. The highest BCUT2D eigenvalue weighted by Gasteiger charge is 2.14. The van der Waals surface area contributed by atoms with E-state index in [0.29, 0.717) is 5.82 Å². The van der Waals surface area contributed by atoms with Gasteiger partial charge in [0, 0.05) is 5.56 Å². The van der Waals surface area contributed by atoms with Crippen molar-refractivity contribution in [1.82, 2.24) is 9.97 Å². The molecule has 0 spiro atoms. The first-order valence-corrected chi connectivity index (χ1v) is 6.29. The van der Waals surface area contributed by atoms with Gasteiger partial charge in [-0.15, -0.1) is 0 Å². The van der Waals surface area contributed by atoms with Crippen molar-refractivity contribution in [3.63, 3.8) is 0 Å². The van der Waals surface area contributed by atoms with Gasteiger partial charge < -0.3 is 15.2 Å². The maximum atomic E-state index is 5.60. The van der Waals surface area contributed by atoms with Crippen molar-refractivity contribution in [3.8, 4) is 0 Å². The number of nitrogens with one attached hydrogen (secondary N) is 2. The number of nitrogens with two attached hydrogens (primary N) is 1. The van der Waals surface area contributed by atoms with Crippen LogP contribution in [0.5, 0.6) is 0 Å². The van der Waals surface area contributed by atoms with Gasteiger partial charge in [-0.05, 0) is 32.4 Å². The summed E-state index contributed by atoms with van der Waals surface area (Å²) in [7, 11) is 0. The summed E-state index contributed by atoms with van der Waals surface area (Å²) in [5.74, 6) is 8.64. The number of rotatable bonds is 5. The van der Waals surface area contributed by atoms with Crippen molar-refractivity contribution in [2.75, 3.05) is 10.7 Å². The van der Waals surface area contributed by atoms with E-state index in [1.165, 1.54) is 6.33 Å². The third-order valence-corrected chi connectivity index (χ3v) is 2.98. The predicted octanol–water partition coefficient (Wildman–Crippen LogP) is 2.40. The first-order chi connectivity index (χ1) is 9.15. The summed E-state index contributed by atoms with van der Waals surface area (Å²) < 4.78 is 5.60. The van der Waals surface area contributed by atoms with E-state index in [2.05, 4.69) is 20.7 Å². The number of anilines is 2. The fraction of sp³-hybridized carbons (Fsp3) is 0.385. The lowest BCUT2D eigenvalue weighted by Gasteiger charge is -2.16. The van der Waals surface area contributed by atoms with Gasteiger partial charge in [0.15, 0.2) is 0 Å². The van der Waals surface area contributed by atoms with Gasteiger partial charge in [-0.3, -0.25) is 0 Å². The lowest BCUT2D eigenvalue weighted by Crippen LogP contribution is -2.15. The summed E-state index contributed by atoms with van der Waals surface area (Å²) in [6, 6.07) is 3.93. The van der Waals surface area contributed by atoms with E-state index in [0.717, 1.165) is 29.3 Å². The molecule has 0 aromatic carbocycles. The topological polar surface area (TPSA) is 89.0 Å². The van der Waals surface area contributed by atoms with Gasteiger partial charge in [-0.25, -0.2) is 15.8 Å². The minimum absolute atomic E-state index is 0.0273. The fourth-order valence-corrected chi connectivity index (χ4v) is 1.96. The van der Waals surface area contributed by atoms with Crippen molar-refractivity contribution >= 4 is 11.6 Å². The highest BCUT2D eigenvalue weighted by atomic mass is 16.3. The first-order valence-electron chi connectivity index (χ1n) is 6.29. The molecule has 6 heteroatoms. The van der Waals surface area contributed by atoms with E-state index < -0.39 is 0 Å². The summed E-state index contributed by atoms with van der Waals surface area (Å²) in [6.07, 6.45) is 2.27. The second-order valence-corrected chi connectivity index (χ2v) is 4.36. The molecule has 0 saturated heterocycles. The van der Waals surface area contributed by atoms with E-state index in [-0.39, 0.29) is 6.04 Å². The Labute approximate surface area is 112 Å². The van der Waals surface area contributed by atoms with Gasteiger partial charge in [-0.2, -0.15) is 0 Å². The number of furan rings is 1. The van der Waals surface area contributed by atoms with Crippen LogP contribution in [-0.4, -0.2) is 9.97 Å². The molecule has 0 radical (unpaired) electrons. The molecule has 1 unspecified atom stereocenters. The maximum absolute atomic E-state index is 5.60. The molecule has 0 aliphatic heterocycles. The van der Waals surface area contributed by atoms with Gasteiger partial charge >= 0.3 is 0 Å². The van der Waals surface area contributed by atoms with Crippen LogP contribution in [-0.2, 0) is 6.42 Å². The van der Waals surface area contributed by atoms with Crippen molar-refractivity contribution in [3.05, 3.63) is 35.5 Å². The van der Waals surface area contributed by atoms with Crippen LogP contribution in [0.2, 0.25) is 0 Å².